The van der Waals surface area contributed by atoms with Gasteiger partial charge in [-0.05, 0) is 62.3 Å². The minimum absolute atomic E-state index is 0.0375. The van der Waals surface area contributed by atoms with Crippen molar-refractivity contribution < 1.29 is 9.59 Å². The molecule has 0 bridgehead atoms. The topological polar surface area (TPSA) is 40.6 Å². The highest BCUT2D eigenvalue weighted by Crippen LogP contribution is 2.39. The Balaban J connectivity index is 1.94. The molecule has 2 amide bonds. The van der Waals surface area contributed by atoms with E-state index in [9.17, 15) is 9.59 Å². The van der Waals surface area contributed by atoms with Gasteiger partial charge < -0.3 is 9.80 Å². The maximum atomic E-state index is 13.4. The summed E-state index contributed by atoms with van der Waals surface area (Å²) < 4.78 is 0. The molecule has 28 heavy (non-hydrogen) atoms. The van der Waals surface area contributed by atoms with Gasteiger partial charge in [-0.3, -0.25) is 9.59 Å². The summed E-state index contributed by atoms with van der Waals surface area (Å²) in [5.74, 6) is -0.241. The normalized spacial score (nSPS) is 17.4. The second-order valence-corrected chi connectivity index (χ2v) is 9.23. The van der Waals surface area contributed by atoms with Crippen molar-refractivity contribution in [1.29, 1.82) is 0 Å². The number of aryl methyl sites for hydroxylation is 1. The third kappa shape index (κ3) is 4.11. The van der Waals surface area contributed by atoms with Gasteiger partial charge in [0.05, 0.1) is 6.04 Å². The van der Waals surface area contributed by atoms with Gasteiger partial charge in [-0.2, -0.15) is 0 Å². The van der Waals surface area contributed by atoms with Gasteiger partial charge in [-0.15, -0.1) is 22.9 Å². The number of halogens is 1. The van der Waals surface area contributed by atoms with Crippen LogP contribution in [0.2, 0.25) is 0 Å². The van der Waals surface area contributed by atoms with E-state index >= 15 is 0 Å². The van der Waals surface area contributed by atoms with E-state index in [1.807, 2.05) is 30.9 Å². The molecule has 0 N–H and O–H groups in total. The Morgan fingerprint density at radius 1 is 1.21 bits per heavy atom. The first kappa shape index (κ1) is 20.9. The highest BCUT2D eigenvalue weighted by Gasteiger charge is 2.35. The fourth-order valence-corrected chi connectivity index (χ4v) is 4.82. The second kappa shape index (κ2) is 8.66. The van der Waals surface area contributed by atoms with Crippen LogP contribution >= 0.6 is 22.9 Å². The molecule has 0 spiro atoms. The molecule has 150 valence electrons. The van der Waals surface area contributed by atoms with Crippen LogP contribution < -0.4 is 0 Å². The van der Waals surface area contributed by atoms with Gasteiger partial charge in [0, 0.05) is 17.5 Å². The molecule has 1 aromatic carbocycles. The Morgan fingerprint density at radius 3 is 2.57 bits per heavy atom. The zero-order chi connectivity index (χ0) is 20.4. The van der Waals surface area contributed by atoms with Crippen LogP contribution in [-0.4, -0.2) is 46.1 Å². The van der Waals surface area contributed by atoms with Crippen molar-refractivity contribution in [2.45, 2.75) is 51.6 Å². The third-order valence-electron chi connectivity index (χ3n) is 5.32. The molecule has 2 aromatic rings. The van der Waals surface area contributed by atoms with E-state index in [-0.39, 0.29) is 30.4 Å². The lowest BCUT2D eigenvalue weighted by molar-refractivity contribution is -0.142. The minimum atomic E-state index is -0.646. The summed E-state index contributed by atoms with van der Waals surface area (Å²) in [6.45, 7) is 8.26. The van der Waals surface area contributed by atoms with Gasteiger partial charge in [-0.25, -0.2) is 0 Å². The van der Waals surface area contributed by atoms with Crippen LogP contribution in [0.3, 0.4) is 0 Å². The van der Waals surface area contributed by atoms with Crippen LogP contribution in [0, 0.1) is 6.92 Å². The van der Waals surface area contributed by atoms with Gasteiger partial charge in [0.15, 0.2) is 0 Å². The first-order valence-corrected chi connectivity index (χ1v) is 11.0. The maximum absolute atomic E-state index is 13.4. The van der Waals surface area contributed by atoms with E-state index < -0.39 is 5.38 Å². The van der Waals surface area contributed by atoms with Gasteiger partial charge in [-0.1, -0.05) is 24.3 Å². The van der Waals surface area contributed by atoms with Crippen molar-refractivity contribution in [3.63, 3.8) is 0 Å². The summed E-state index contributed by atoms with van der Waals surface area (Å²) in [6.07, 6.45) is 0.850. The number of amides is 2. The molecule has 2 atom stereocenters. The quantitative estimate of drug-likeness (QED) is 0.675. The van der Waals surface area contributed by atoms with Crippen molar-refractivity contribution in [2.24, 2.45) is 0 Å². The molecular weight excluding hydrogens is 392 g/mol. The zero-order valence-corrected chi connectivity index (χ0v) is 18.4. The van der Waals surface area contributed by atoms with Crippen LogP contribution in [0.1, 0.15) is 48.4 Å². The van der Waals surface area contributed by atoms with E-state index in [1.54, 1.807) is 23.2 Å². The number of rotatable bonds is 5. The Bertz CT molecular complexity index is 862. The minimum Gasteiger partial charge on any atom is -0.330 e. The number of benzene rings is 1. The van der Waals surface area contributed by atoms with E-state index in [0.717, 1.165) is 17.5 Å². The van der Waals surface area contributed by atoms with E-state index in [2.05, 4.69) is 30.5 Å². The van der Waals surface area contributed by atoms with E-state index in [0.29, 0.717) is 6.54 Å². The number of nitrogens with zero attached hydrogens (tertiary/aromatic N) is 2. The zero-order valence-electron chi connectivity index (χ0n) is 16.8. The number of thiophene rings is 1. The number of alkyl halides is 1. The molecule has 1 aliphatic heterocycles. The highest BCUT2D eigenvalue weighted by atomic mass is 35.5. The van der Waals surface area contributed by atoms with Crippen molar-refractivity contribution >= 4 is 34.8 Å². The second-order valence-electron chi connectivity index (χ2n) is 7.57. The van der Waals surface area contributed by atoms with E-state index in [1.165, 1.54) is 10.4 Å². The molecule has 4 nitrogen and oxygen atoms in total. The van der Waals surface area contributed by atoms with Crippen LogP contribution in [0.4, 0.5) is 0 Å². The molecule has 0 saturated heterocycles. The van der Waals surface area contributed by atoms with Gasteiger partial charge >= 0.3 is 0 Å². The summed E-state index contributed by atoms with van der Waals surface area (Å²) in [5, 5.41) is 1.45. The molecule has 1 aliphatic rings. The van der Waals surface area contributed by atoms with Crippen molar-refractivity contribution in [3.05, 3.63) is 57.3 Å². The molecule has 0 unspecified atom stereocenters. The molecular formula is C22H27ClN2O2S. The fourth-order valence-electron chi connectivity index (χ4n) is 3.79. The molecule has 0 saturated carbocycles. The first-order chi connectivity index (χ1) is 13.3. The lowest BCUT2D eigenvalue weighted by Gasteiger charge is -2.39. The molecule has 3 rings (SSSR count). The van der Waals surface area contributed by atoms with Crippen molar-refractivity contribution in [2.75, 3.05) is 13.1 Å². The van der Waals surface area contributed by atoms with Crippen molar-refractivity contribution in [1.82, 2.24) is 9.80 Å². The predicted octanol–water partition coefficient (Wildman–Crippen LogP) is 4.39. The Kier molecular flexibility index (Phi) is 6.46. The number of carbonyl (C=O) groups excluding carboxylic acids is 2. The molecule has 6 heteroatoms. The summed E-state index contributed by atoms with van der Waals surface area (Å²) in [6, 6.07) is 10.1. The Labute approximate surface area is 176 Å². The highest BCUT2D eigenvalue weighted by molar-refractivity contribution is 7.10. The summed E-state index contributed by atoms with van der Waals surface area (Å²) in [7, 11) is 0. The molecule has 0 radical (unpaired) electrons. The number of carbonyl (C=O) groups is 2. The maximum Gasteiger partial charge on any atom is 0.243 e. The molecule has 0 fully saturated rings. The predicted molar refractivity (Wildman–Crippen MR) is 115 cm³/mol. The standard InChI is InChI=1S/C22H27ClN2O2S/c1-14(2)25(22(27)16(4)23)13-20(26)24-11-9-19-18(10-12-28-19)21(24)17-8-6-5-7-15(17)3/h5-8,10,12,14,16,21H,9,11,13H2,1-4H3/t16-,21-/m0/s1. The smallest absolute Gasteiger partial charge is 0.243 e. The molecule has 2 heterocycles. The SMILES string of the molecule is Cc1ccccc1[C@H]1c2ccsc2CCN1C(=O)CN(C(=O)[C@H](C)Cl)C(C)C. The molecule has 0 aliphatic carbocycles. The Hall–Kier alpha value is -1.85. The first-order valence-electron chi connectivity index (χ1n) is 9.67. The summed E-state index contributed by atoms with van der Waals surface area (Å²) in [5.41, 5.74) is 3.51. The average molecular weight is 419 g/mol. The third-order valence-corrected chi connectivity index (χ3v) is 6.50. The van der Waals surface area contributed by atoms with Crippen molar-refractivity contribution in [3.8, 4) is 0 Å². The Morgan fingerprint density at radius 2 is 1.93 bits per heavy atom. The van der Waals surface area contributed by atoms with Crippen LogP contribution in [0.25, 0.3) is 0 Å². The number of hydrogen-bond acceptors (Lipinski definition) is 3. The lowest BCUT2D eigenvalue weighted by atomic mass is 9.90. The lowest BCUT2D eigenvalue weighted by Crippen LogP contribution is -2.50. The van der Waals surface area contributed by atoms with Crippen LogP contribution in [0.5, 0.6) is 0 Å². The van der Waals surface area contributed by atoms with Gasteiger partial charge in [0.2, 0.25) is 11.8 Å². The van der Waals surface area contributed by atoms with E-state index in [4.69, 9.17) is 11.6 Å². The number of fused-ring (bicyclic) bond motifs is 1. The fraction of sp³-hybridized carbons (Fsp3) is 0.455. The van der Waals surface area contributed by atoms with Gasteiger partial charge in [0.1, 0.15) is 11.9 Å². The van der Waals surface area contributed by atoms with Crippen LogP contribution in [-0.2, 0) is 16.0 Å². The average Bonchev–Trinajstić information content (AvgIpc) is 3.13. The molecule has 1 aromatic heterocycles. The monoisotopic (exact) mass is 418 g/mol. The largest absolute Gasteiger partial charge is 0.330 e. The summed E-state index contributed by atoms with van der Waals surface area (Å²) >= 11 is 7.77. The number of hydrogen-bond donors (Lipinski definition) is 0. The summed E-state index contributed by atoms with van der Waals surface area (Å²) in [4.78, 5) is 30.7. The van der Waals surface area contributed by atoms with Crippen LogP contribution in [0.15, 0.2) is 35.7 Å². The van der Waals surface area contributed by atoms with Gasteiger partial charge in [0.25, 0.3) is 0 Å².